The monoisotopic (exact) mass is 196 g/mol. The van der Waals surface area contributed by atoms with Gasteiger partial charge >= 0.3 is 0 Å². The van der Waals surface area contributed by atoms with Crippen molar-refractivity contribution in [2.75, 3.05) is 13.2 Å². The Bertz CT molecular complexity index is 319. The Kier molecular flexibility index (Phi) is 2.68. The molecule has 0 radical (unpaired) electrons. The van der Waals surface area contributed by atoms with Crippen molar-refractivity contribution in [1.29, 1.82) is 0 Å². The first-order chi connectivity index (χ1) is 6.77. The summed E-state index contributed by atoms with van der Waals surface area (Å²) in [6.07, 6.45) is 0.964. The molecule has 0 aliphatic carbocycles. The van der Waals surface area contributed by atoms with E-state index in [4.69, 9.17) is 9.47 Å². The average Bonchev–Trinajstić information content (AvgIpc) is 2.66. The highest BCUT2D eigenvalue weighted by molar-refractivity contribution is 5.33. The van der Waals surface area contributed by atoms with Gasteiger partial charge in [-0.2, -0.15) is 0 Å². The Morgan fingerprint density at radius 3 is 3.07 bits per heavy atom. The molecule has 1 heterocycles. The van der Waals surface area contributed by atoms with Crippen LogP contribution >= 0.6 is 0 Å². The van der Waals surface area contributed by atoms with E-state index in [1.165, 1.54) is 6.07 Å². The van der Waals surface area contributed by atoms with E-state index in [0.717, 1.165) is 13.0 Å². The minimum atomic E-state index is -0.221. The first-order valence-corrected chi connectivity index (χ1v) is 4.77. The molecule has 1 fully saturated rings. The van der Waals surface area contributed by atoms with Gasteiger partial charge in [0.05, 0.1) is 13.2 Å². The molecule has 1 aliphatic rings. The third-order valence-electron chi connectivity index (χ3n) is 2.40. The normalized spacial score (nSPS) is 21.1. The number of rotatable bonds is 2. The van der Waals surface area contributed by atoms with Crippen molar-refractivity contribution in [3.63, 3.8) is 0 Å². The summed E-state index contributed by atoms with van der Waals surface area (Å²) >= 11 is 0. The van der Waals surface area contributed by atoms with E-state index in [1.54, 1.807) is 19.1 Å². The SMILES string of the molecule is Cc1c(F)cccc1OC1CCOC1. The van der Waals surface area contributed by atoms with Gasteiger partial charge in [0.2, 0.25) is 0 Å². The zero-order valence-corrected chi connectivity index (χ0v) is 8.13. The molecule has 0 bridgehead atoms. The number of hydrogen-bond acceptors (Lipinski definition) is 2. The third-order valence-corrected chi connectivity index (χ3v) is 2.40. The van der Waals surface area contributed by atoms with Gasteiger partial charge in [-0.05, 0) is 19.1 Å². The van der Waals surface area contributed by atoms with Crippen LogP contribution < -0.4 is 4.74 Å². The van der Waals surface area contributed by atoms with Crippen LogP contribution in [0.15, 0.2) is 18.2 Å². The molecule has 1 aromatic carbocycles. The molecule has 1 saturated heterocycles. The largest absolute Gasteiger partial charge is 0.488 e. The van der Waals surface area contributed by atoms with E-state index in [1.807, 2.05) is 0 Å². The van der Waals surface area contributed by atoms with Gasteiger partial charge in [-0.25, -0.2) is 4.39 Å². The summed E-state index contributed by atoms with van der Waals surface area (Å²) < 4.78 is 23.9. The molecule has 1 atom stereocenters. The van der Waals surface area contributed by atoms with Gasteiger partial charge in [0, 0.05) is 12.0 Å². The lowest BCUT2D eigenvalue weighted by Gasteiger charge is -2.13. The standard InChI is InChI=1S/C11H13FO2/c1-8-10(12)3-2-4-11(8)14-9-5-6-13-7-9/h2-4,9H,5-7H2,1H3. The molecule has 3 heteroatoms. The second kappa shape index (κ2) is 3.96. The summed E-state index contributed by atoms with van der Waals surface area (Å²) in [6.45, 7) is 3.06. The minimum absolute atomic E-state index is 0.0792. The second-order valence-corrected chi connectivity index (χ2v) is 3.47. The zero-order chi connectivity index (χ0) is 9.97. The highest BCUT2D eigenvalue weighted by Gasteiger charge is 2.18. The van der Waals surface area contributed by atoms with Crippen LogP contribution in [0.3, 0.4) is 0 Å². The maximum atomic E-state index is 13.1. The fraction of sp³-hybridized carbons (Fsp3) is 0.455. The number of ether oxygens (including phenoxy) is 2. The van der Waals surface area contributed by atoms with Crippen LogP contribution in [0.25, 0.3) is 0 Å². The van der Waals surface area contributed by atoms with Crippen LogP contribution in [0.2, 0.25) is 0 Å². The molecule has 0 N–H and O–H groups in total. The molecule has 14 heavy (non-hydrogen) atoms. The molecule has 1 aromatic rings. The quantitative estimate of drug-likeness (QED) is 0.722. The molecule has 0 amide bonds. The molecule has 2 nitrogen and oxygen atoms in total. The summed E-state index contributed by atoms with van der Waals surface area (Å²) in [5.41, 5.74) is 0.569. The van der Waals surface area contributed by atoms with Crippen LogP contribution in [0.1, 0.15) is 12.0 Å². The van der Waals surface area contributed by atoms with Crippen molar-refractivity contribution in [2.24, 2.45) is 0 Å². The highest BCUT2D eigenvalue weighted by Crippen LogP contribution is 2.23. The Balaban J connectivity index is 2.11. The number of hydrogen-bond donors (Lipinski definition) is 0. The van der Waals surface area contributed by atoms with Crippen molar-refractivity contribution in [2.45, 2.75) is 19.4 Å². The van der Waals surface area contributed by atoms with E-state index >= 15 is 0 Å². The van der Waals surface area contributed by atoms with Crippen molar-refractivity contribution >= 4 is 0 Å². The number of halogens is 1. The fourth-order valence-electron chi connectivity index (χ4n) is 1.50. The molecule has 0 aromatic heterocycles. The topological polar surface area (TPSA) is 18.5 Å². The molecule has 2 rings (SSSR count). The lowest BCUT2D eigenvalue weighted by atomic mass is 10.2. The van der Waals surface area contributed by atoms with Gasteiger partial charge in [-0.15, -0.1) is 0 Å². The first-order valence-electron chi connectivity index (χ1n) is 4.77. The maximum Gasteiger partial charge on any atom is 0.129 e. The Morgan fingerprint density at radius 2 is 2.36 bits per heavy atom. The summed E-state index contributed by atoms with van der Waals surface area (Å²) in [5, 5.41) is 0. The van der Waals surface area contributed by atoms with Gasteiger partial charge in [-0.1, -0.05) is 6.07 Å². The zero-order valence-electron chi connectivity index (χ0n) is 8.13. The van der Waals surface area contributed by atoms with Gasteiger partial charge in [0.15, 0.2) is 0 Å². The van der Waals surface area contributed by atoms with Crippen molar-refractivity contribution in [3.05, 3.63) is 29.6 Å². The van der Waals surface area contributed by atoms with Gasteiger partial charge < -0.3 is 9.47 Å². The summed E-state index contributed by atoms with van der Waals surface area (Å²) in [6, 6.07) is 4.89. The molecule has 1 aliphatic heterocycles. The van der Waals surface area contributed by atoms with Crippen molar-refractivity contribution in [3.8, 4) is 5.75 Å². The van der Waals surface area contributed by atoms with Crippen LogP contribution in [0.4, 0.5) is 4.39 Å². The van der Waals surface area contributed by atoms with Crippen LogP contribution in [-0.2, 0) is 4.74 Å². The van der Waals surface area contributed by atoms with Crippen molar-refractivity contribution in [1.82, 2.24) is 0 Å². The molecule has 0 spiro atoms. The Labute approximate surface area is 82.6 Å². The molecule has 1 unspecified atom stereocenters. The first kappa shape index (κ1) is 9.46. The van der Waals surface area contributed by atoms with E-state index in [-0.39, 0.29) is 11.9 Å². The average molecular weight is 196 g/mol. The van der Waals surface area contributed by atoms with Gasteiger partial charge in [0.25, 0.3) is 0 Å². The highest BCUT2D eigenvalue weighted by atomic mass is 19.1. The fourth-order valence-corrected chi connectivity index (χ4v) is 1.50. The summed E-state index contributed by atoms with van der Waals surface area (Å²) in [4.78, 5) is 0. The number of benzene rings is 1. The van der Waals surface area contributed by atoms with E-state index in [9.17, 15) is 4.39 Å². The van der Waals surface area contributed by atoms with Gasteiger partial charge in [-0.3, -0.25) is 0 Å². The minimum Gasteiger partial charge on any atom is -0.488 e. The molecule has 0 saturated carbocycles. The molecular formula is C11H13FO2. The Morgan fingerprint density at radius 1 is 1.50 bits per heavy atom. The van der Waals surface area contributed by atoms with E-state index in [0.29, 0.717) is 17.9 Å². The van der Waals surface area contributed by atoms with E-state index in [2.05, 4.69) is 0 Å². The maximum absolute atomic E-state index is 13.1. The van der Waals surface area contributed by atoms with Crippen LogP contribution in [-0.4, -0.2) is 19.3 Å². The van der Waals surface area contributed by atoms with Crippen LogP contribution in [0.5, 0.6) is 5.75 Å². The Hall–Kier alpha value is -1.09. The molecule has 76 valence electrons. The summed E-state index contributed by atoms with van der Waals surface area (Å²) in [7, 11) is 0. The van der Waals surface area contributed by atoms with Gasteiger partial charge in [0.1, 0.15) is 17.7 Å². The lowest BCUT2D eigenvalue weighted by molar-refractivity contribution is 0.140. The third kappa shape index (κ3) is 1.87. The van der Waals surface area contributed by atoms with E-state index < -0.39 is 0 Å². The van der Waals surface area contributed by atoms with Crippen molar-refractivity contribution < 1.29 is 13.9 Å². The lowest BCUT2D eigenvalue weighted by Crippen LogP contribution is -2.16. The predicted molar refractivity (Wildman–Crippen MR) is 51.0 cm³/mol. The smallest absolute Gasteiger partial charge is 0.129 e. The van der Waals surface area contributed by atoms with Crippen LogP contribution in [0, 0.1) is 12.7 Å². The molecular weight excluding hydrogens is 183 g/mol. The predicted octanol–water partition coefficient (Wildman–Crippen LogP) is 2.30. The summed E-state index contributed by atoms with van der Waals surface area (Å²) in [5.74, 6) is 0.405. The second-order valence-electron chi connectivity index (χ2n) is 3.47.